The summed E-state index contributed by atoms with van der Waals surface area (Å²) in [5, 5.41) is 2.69. The lowest BCUT2D eigenvalue weighted by Crippen LogP contribution is -2.22. The Kier molecular flexibility index (Phi) is 4.72. The number of rotatable bonds is 5. The number of ether oxygens (including phenoxy) is 1. The van der Waals surface area contributed by atoms with Gasteiger partial charge in [0.05, 0.1) is 0 Å². The van der Waals surface area contributed by atoms with Crippen LogP contribution in [0, 0.1) is 0 Å². The van der Waals surface area contributed by atoms with Gasteiger partial charge in [0.2, 0.25) is 0 Å². The molecule has 3 rings (SSSR count). The van der Waals surface area contributed by atoms with Crippen molar-refractivity contribution in [3.8, 4) is 5.75 Å². The lowest BCUT2D eigenvalue weighted by atomic mass is 10.2. The maximum Gasteiger partial charge on any atom is 0.261 e. The van der Waals surface area contributed by atoms with Gasteiger partial charge >= 0.3 is 0 Å². The molecule has 0 unspecified atom stereocenters. The Hall–Kier alpha value is -3.34. The summed E-state index contributed by atoms with van der Waals surface area (Å²) in [6.07, 6.45) is 1.48. The highest BCUT2D eigenvalue weighted by atomic mass is 16.5. The monoisotopic (exact) mass is 320 g/mol. The topological polar surface area (TPSA) is 71.2 Å². The number of aromatic amines is 1. The largest absolute Gasteiger partial charge is 0.489 e. The number of hydrogen-bond acceptors (Lipinski definition) is 3. The number of anilines is 1. The van der Waals surface area contributed by atoms with Crippen LogP contribution in [0.4, 0.5) is 5.69 Å². The number of nitrogens with one attached hydrogen (secondary N) is 2. The summed E-state index contributed by atoms with van der Waals surface area (Å²) in [6.45, 7) is 0.478. The van der Waals surface area contributed by atoms with Crippen molar-refractivity contribution in [2.45, 2.75) is 6.61 Å². The van der Waals surface area contributed by atoms with Crippen LogP contribution in [-0.4, -0.2) is 10.9 Å². The van der Waals surface area contributed by atoms with Crippen LogP contribution in [0.3, 0.4) is 0 Å². The highest BCUT2D eigenvalue weighted by Crippen LogP contribution is 2.17. The van der Waals surface area contributed by atoms with Crippen molar-refractivity contribution in [3.05, 3.63) is 94.4 Å². The van der Waals surface area contributed by atoms with Gasteiger partial charge in [-0.05, 0) is 42.0 Å². The predicted molar refractivity (Wildman–Crippen MR) is 92.2 cm³/mol. The number of benzene rings is 2. The highest BCUT2D eigenvalue weighted by molar-refractivity contribution is 6.03. The first kappa shape index (κ1) is 15.6. The van der Waals surface area contributed by atoms with Crippen LogP contribution in [0.5, 0.6) is 5.75 Å². The van der Waals surface area contributed by atoms with Crippen LogP contribution < -0.4 is 15.6 Å². The van der Waals surface area contributed by atoms with Crippen molar-refractivity contribution in [2.24, 2.45) is 0 Å². The Labute approximate surface area is 138 Å². The molecule has 0 aliphatic rings. The molecule has 0 saturated heterocycles. The molecule has 0 fully saturated rings. The summed E-state index contributed by atoms with van der Waals surface area (Å²) in [6, 6.07) is 20.0. The van der Waals surface area contributed by atoms with Gasteiger partial charge in [0.1, 0.15) is 17.9 Å². The molecular weight excluding hydrogens is 304 g/mol. The Morgan fingerprint density at radius 2 is 1.71 bits per heavy atom. The molecule has 0 radical (unpaired) electrons. The lowest BCUT2D eigenvalue weighted by molar-refractivity contribution is 0.102. The molecule has 5 nitrogen and oxygen atoms in total. The third-order valence-electron chi connectivity index (χ3n) is 3.42. The van der Waals surface area contributed by atoms with Gasteiger partial charge in [0, 0.05) is 11.9 Å². The third kappa shape index (κ3) is 3.89. The molecule has 5 heteroatoms. The zero-order chi connectivity index (χ0) is 16.8. The molecule has 2 aromatic carbocycles. The van der Waals surface area contributed by atoms with Crippen molar-refractivity contribution in [1.29, 1.82) is 0 Å². The molecule has 0 spiro atoms. The van der Waals surface area contributed by atoms with E-state index in [9.17, 15) is 9.59 Å². The third-order valence-corrected chi connectivity index (χ3v) is 3.42. The van der Waals surface area contributed by atoms with E-state index in [1.807, 2.05) is 30.3 Å². The van der Waals surface area contributed by atoms with E-state index < -0.39 is 11.5 Å². The molecule has 1 amide bonds. The van der Waals surface area contributed by atoms with E-state index in [-0.39, 0.29) is 5.56 Å². The fraction of sp³-hybridized carbons (Fsp3) is 0.0526. The number of carbonyl (C=O) groups is 1. The predicted octanol–water partition coefficient (Wildman–Crippen LogP) is 3.21. The molecule has 1 heterocycles. The van der Waals surface area contributed by atoms with Crippen molar-refractivity contribution in [3.63, 3.8) is 0 Å². The van der Waals surface area contributed by atoms with Crippen LogP contribution in [0.15, 0.2) is 77.7 Å². The summed E-state index contributed by atoms with van der Waals surface area (Å²) in [7, 11) is 0. The lowest BCUT2D eigenvalue weighted by Gasteiger charge is -2.08. The van der Waals surface area contributed by atoms with Gasteiger partial charge in [-0.1, -0.05) is 30.3 Å². The molecule has 3 aromatic rings. The van der Waals surface area contributed by atoms with Crippen LogP contribution in [0.25, 0.3) is 0 Å². The molecule has 0 saturated carbocycles. The van der Waals surface area contributed by atoms with Gasteiger partial charge < -0.3 is 15.0 Å². The Bertz CT molecular complexity index is 871. The summed E-state index contributed by atoms with van der Waals surface area (Å²) in [4.78, 5) is 26.1. The van der Waals surface area contributed by atoms with Gasteiger partial charge in [0.15, 0.2) is 0 Å². The summed E-state index contributed by atoms with van der Waals surface area (Å²) in [5.41, 5.74) is 1.33. The van der Waals surface area contributed by atoms with Crippen LogP contribution in [-0.2, 0) is 6.61 Å². The molecule has 0 aliphatic heterocycles. The highest BCUT2D eigenvalue weighted by Gasteiger charge is 2.09. The minimum absolute atomic E-state index is 0.0712. The van der Waals surface area contributed by atoms with E-state index in [0.717, 1.165) is 5.56 Å². The average Bonchev–Trinajstić information content (AvgIpc) is 2.62. The second kappa shape index (κ2) is 7.28. The van der Waals surface area contributed by atoms with E-state index in [1.165, 1.54) is 12.3 Å². The molecule has 0 atom stereocenters. The van der Waals surface area contributed by atoms with Crippen molar-refractivity contribution < 1.29 is 9.53 Å². The first-order chi connectivity index (χ1) is 11.7. The van der Waals surface area contributed by atoms with E-state index in [2.05, 4.69) is 10.3 Å². The minimum Gasteiger partial charge on any atom is -0.489 e. The molecule has 0 aliphatic carbocycles. The second-order valence-corrected chi connectivity index (χ2v) is 5.17. The van der Waals surface area contributed by atoms with Gasteiger partial charge in [-0.3, -0.25) is 9.59 Å². The summed E-state index contributed by atoms with van der Waals surface area (Å²) >= 11 is 0. The molecule has 0 bridgehead atoms. The van der Waals surface area contributed by atoms with Crippen LogP contribution in [0.1, 0.15) is 15.9 Å². The van der Waals surface area contributed by atoms with Gasteiger partial charge in [0.25, 0.3) is 11.5 Å². The number of amides is 1. The van der Waals surface area contributed by atoms with Crippen LogP contribution >= 0.6 is 0 Å². The summed E-state index contributed by atoms with van der Waals surface area (Å²) in [5.74, 6) is 0.254. The van der Waals surface area contributed by atoms with E-state index >= 15 is 0 Å². The Balaban J connectivity index is 1.61. The molecule has 1 aromatic heterocycles. The SMILES string of the molecule is O=C(Nc1ccc(OCc2ccccc2)cc1)c1ccc[nH]c1=O. The molecule has 24 heavy (non-hydrogen) atoms. The number of hydrogen-bond donors (Lipinski definition) is 2. The number of H-pyrrole nitrogens is 1. The van der Waals surface area contributed by atoms with Gasteiger partial charge in [-0.25, -0.2) is 0 Å². The quantitative estimate of drug-likeness (QED) is 0.758. The first-order valence-corrected chi connectivity index (χ1v) is 7.48. The zero-order valence-corrected chi connectivity index (χ0v) is 12.9. The Morgan fingerprint density at radius 1 is 0.958 bits per heavy atom. The van der Waals surface area contributed by atoms with E-state index in [4.69, 9.17) is 4.74 Å². The smallest absolute Gasteiger partial charge is 0.261 e. The maximum atomic E-state index is 12.1. The zero-order valence-electron chi connectivity index (χ0n) is 12.9. The maximum absolute atomic E-state index is 12.1. The molecule has 120 valence electrons. The minimum atomic E-state index is -0.449. The van der Waals surface area contributed by atoms with Gasteiger partial charge in [-0.2, -0.15) is 0 Å². The fourth-order valence-electron chi connectivity index (χ4n) is 2.17. The number of aromatic nitrogens is 1. The normalized spacial score (nSPS) is 10.2. The van der Waals surface area contributed by atoms with Crippen molar-refractivity contribution >= 4 is 11.6 Å². The standard InChI is InChI=1S/C19H16N2O3/c22-18-17(7-4-12-20-18)19(23)21-15-8-10-16(11-9-15)24-13-14-5-2-1-3-6-14/h1-12H,13H2,(H,20,22)(H,21,23). The van der Waals surface area contributed by atoms with Crippen LogP contribution in [0.2, 0.25) is 0 Å². The fourth-order valence-corrected chi connectivity index (χ4v) is 2.17. The van der Waals surface area contributed by atoms with Gasteiger partial charge in [-0.15, -0.1) is 0 Å². The number of carbonyl (C=O) groups excluding carboxylic acids is 1. The second-order valence-electron chi connectivity index (χ2n) is 5.17. The molecule has 2 N–H and O–H groups in total. The van der Waals surface area contributed by atoms with Crippen molar-refractivity contribution in [1.82, 2.24) is 4.98 Å². The number of pyridine rings is 1. The van der Waals surface area contributed by atoms with E-state index in [0.29, 0.717) is 18.0 Å². The Morgan fingerprint density at radius 3 is 2.42 bits per heavy atom. The summed E-state index contributed by atoms with van der Waals surface area (Å²) < 4.78 is 5.69. The molecular formula is C19H16N2O3. The average molecular weight is 320 g/mol. The van der Waals surface area contributed by atoms with Crippen molar-refractivity contribution in [2.75, 3.05) is 5.32 Å². The first-order valence-electron chi connectivity index (χ1n) is 7.48. The van der Waals surface area contributed by atoms with E-state index in [1.54, 1.807) is 30.3 Å².